The molecule has 2 aromatic rings. The summed E-state index contributed by atoms with van der Waals surface area (Å²) in [5.41, 5.74) is 2.45. The first kappa shape index (κ1) is 10.6. The van der Waals surface area contributed by atoms with Gasteiger partial charge < -0.3 is 4.74 Å². The molecule has 1 aliphatic carbocycles. The fourth-order valence-electron chi connectivity index (χ4n) is 2.93. The molecule has 1 heterocycles. The molecule has 1 saturated carbocycles. The number of para-hydroxylation sites is 1. The number of hydrogen-bond donors (Lipinski definition) is 0. The van der Waals surface area contributed by atoms with Crippen LogP contribution in [0.3, 0.4) is 0 Å². The number of hydrogen-bond acceptors (Lipinski definition) is 2. The summed E-state index contributed by atoms with van der Waals surface area (Å²) in [6.07, 6.45) is 7.27. The van der Waals surface area contributed by atoms with Gasteiger partial charge in [0.1, 0.15) is 11.3 Å². The second-order valence-corrected chi connectivity index (χ2v) is 4.74. The summed E-state index contributed by atoms with van der Waals surface area (Å²) in [6.45, 7) is 0. The Morgan fingerprint density at radius 3 is 2.76 bits per heavy atom. The Hall–Kier alpha value is -1.57. The number of pyridine rings is 1. The zero-order valence-electron chi connectivity index (χ0n) is 10.1. The average Bonchev–Trinajstić information content (AvgIpc) is 2.91. The third-order valence-corrected chi connectivity index (χ3v) is 3.78. The number of aromatic nitrogens is 1. The highest BCUT2D eigenvalue weighted by Gasteiger charge is 2.19. The Morgan fingerprint density at radius 1 is 1.18 bits per heavy atom. The van der Waals surface area contributed by atoms with Gasteiger partial charge in [0.15, 0.2) is 0 Å². The summed E-state index contributed by atoms with van der Waals surface area (Å²) in [5.74, 6) is 1.59. The van der Waals surface area contributed by atoms with E-state index in [0.29, 0.717) is 5.92 Å². The van der Waals surface area contributed by atoms with Crippen LogP contribution in [0, 0.1) is 0 Å². The van der Waals surface area contributed by atoms with Crippen molar-refractivity contribution >= 4 is 10.9 Å². The Labute approximate surface area is 102 Å². The van der Waals surface area contributed by atoms with Crippen LogP contribution in [0.4, 0.5) is 0 Å². The molecule has 0 radical (unpaired) electrons. The van der Waals surface area contributed by atoms with Gasteiger partial charge in [-0.2, -0.15) is 0 Å². The number of methoxy groups -OCH3 is 1. The van der Waals surface area contributed by atoms with E-state index in [-0.39, 0.29) is 0 Å². The van der Waals surface area contributed by atoms with Crippen molar-refractivity contribution in [3.8, 4) is 5.75 Å². The van der Waals surface area contributed by atoms with Gasteiger partial charge in [-0.05, 0) is 36.5 Å². The molecule has 3 rings (SSSR count). The van der Waals surface area contributed by atoms with Crippen LogP contribution in [0.5, 0.6) is 5.75 Å². The van der Waals surface area contributed by atoms with Crippen LogP contribution in [0.1, 0.15) is 37.2 Å². The Kier molecular flexibility index (Phi) is 2.71. The van der Waals surface area contributed by atoms with Gasteiger partial charge in [-0.3, -0.25) is 4.98 Å². The standard InChI is InChI=1S/C15H17NO/c1-17-14-8-4-7-13-12(9-10-16-15(13)14)11-5-2-3-6-11/h4,7-11H,2-3,5-6H2,1H3. The van der Waals surface area contributed by atoms with Crippen molar-refractivity contribution in [1.29, 1.82) is 0 Å². The average molecular weight is 227 g/mol. The molecule has 1 aliphatic rings. The molecule has 0 atom stereocenters. The van der Waals surface area contributed by atoms with Crippen molar-refractivity contribution in [2.45, 2.75) is 31.6 Å². The molecule has 1 fully saturated rings. The summed E-state index contributed by atoms with van der Waals surface area (Å²) in [4.78, 5) is 4.46. The summed E-state index contributed by atoms with van der Waals surface area (Å²) in [7, 11) is 1.71. The van der Waals surface area contributed by atoms with Crippen molar-refractivity contribution in [1.82, 2.24) is 4.98 Å². The zero-order valence-corrected chi connectivity index (χ0v) is 10.1. The van der Waals surface area contributed by atoms with E-state index in [1.54, 1.807) is 7.11 Å². The van der Waals surface area contributed by atoms with Crippen LogP contribution >= 0.6 is 0 Å². The number of fused-ring (bicyclic) bond motifs is 1. The minimum Gasteiger partial charge on any atom is -0.494 e. The van der Waals surface area contributed by atoms with Crippen molar-refractivity contribution in [3.05, 3.63) is 36.0 Å². The maximum absolute atomic E-state index is 5.38. The first-order valence-electron chi connectivity index (χ1n) is 6.32. The van der Waals surface area contributed by atoms with Gasteiger partial charge >= 0.3 is 0 Å². The lowest BCUT2D eigenvalue weighted by Crippen LogP contribution is -1.96. The number of nitrogens with zero attached hydrogens (tertiary/aromatic N) is 1. The topological polar surface area (TPSA) is 22.1 Å². The first-order valence-corrected chi connectivity index (χ1v) is 6.32. The van der Waals surface area contributed by atoms with Crippen LogP contribution in [0.15, 0.2) is 30.5 Å². The monoisotopic (exact) mass is 227 g/mol. The number of ether oxygens (including phenoxy) is 1. The van der Waals surface area contributed by atoms with Crippen molar-refractivity contribution in [3.63, 3.8) is 0 Å². The molecule has 1 aromatic carbocycles. The molecule has 0 unspecified atom stereocenters. The van der Waals surface area contributed by atoms with Gasteiger partial charge in [-0.1, -0.05) is 25.0 Å². The van der Waals surface area contributed by atoms with Crippen LogP contribution in [-0.4, -0.2) is 12.1 Å². The molecule has 88 valence electrons. The summed E-state index contributed by atoms with van der Waals surface area (Å²) in [6, 6.07) is 8.38. The van der Waals surface area contributed by atoms with E-state index >= 15 is 0 Å². The molecular weight excluding hydrogens is 210 g/mol. The highest BCUT2D eigenvalue weighted by atomic mass is 16.5. The molecule has 2 nitrogen and oxygen atoms in total. The Balaban J connectivity index is 2.18. The van der Waals surface area contributed by atoms with Crippen LogP contribution < -0.4 is 4.74 Å². The molecule has 0 aliphatic heterocycles. The van der Waals surface area contributed by atoms with Crippen molar-refractivity contribution < 1.29 is 4.74 Å². The van der Waals surface area contributed by atoms with E-state index in [4.69, 9.17) is 4.74 Å². The lowest BCUT2D eigenvalue weighted by atomic mass is 9.94. The normalized spacial score (nSPS) is 16.5. The second kappa shape index (κ2) is 4.36. The van der Waals surface area contributed by atoms with Crippen molar-refractivity contribution in [2.75, 3.05) is 7.11 Å². The number of rotatable bonds is 2. The Morgan fingerprint density at radius 2 is 2.00 bits per heavy atom. The minimum absolute atomic E-state index is 0.715. The molecule has 1 aromatic heterocycles. The lowest BCUT2D eigenvalue weighted by molar-refractivity contribution is 0.419. The predicted octanol–water partition coefficient (Wildman–Crippen LogP) is 3.90. The Bertz CT molecular complexity index is 529. The largest absolute Gasteiger partial charge is 0.494 e. The zero-order chi connectivity index (χ0) is 11.7. The summed E-state index contributed by atoms with van der Waals surface area (Å²) in [5, 5.41) is 1.26. The molecule has 0 N–H and O–H groups in total. The van der Waals surface area contributed by atoms with E-state index in [0.717, 1.165) is 11.3 Å². The fourth-order valence-corrected chi connectivity index (χ4v) is 2.93. The van der Waals surface area contributed by atoms with Crippen LogP contribution in [0.2, 0.25) is 0 Å². The van der Waals surface area contributed by atoms with Gasteiger partial charge in [0.05, 0.1) is 7.11 Å². The molecule has 0 saturated heterocycles. The lowest BCUT2D eigenvalue weighted by Gasteiger charge is -2.13. The quantitative estimate of drug-likeness (QED) is 0.776. The van der Waals surface area contributed by atoms with Crippen LogP contribution in [0.25, 0.3) is 10.9 Å². The van der Waals surface area contributed by atoms with Crippen LogP contribution in [-0.2, 0) is 0 Å². The number of benzene rings is 1. The van der Waals surface area contributed by atoms with E-state index in [9.17, 15) is 0 Å². The fraction of sp³-hybridized carbons (Fsp3) is 0.400. The molecular formula is C15H17NO. The highest BCUT2D eigenvalue weighted by molar-refractivity contribution is 5.87. The third-order valence-electron chi connectivity index (χ3n) is 3.78. The van der Waals surface area contributed by atoms with Gasteiger partial charge in [-0.25, -0.2) is 0 Å². The SMILES string of the molecule is COc1cccc2c(C3CCCC3)ccnc12. The van der Waals surface area contributed by atoms with E-state index in [1.165, 1.54) is 36.6 Å². The highest BCUT2D eigenvalue weighted by Crippen LogP contribution is 2.38. The van der Waals surface area contributed by atoms with E-state index in [2.05, 4.69) is 23.2 Å². The molecule has 17 heavy (non-hydrogen) atoms. The molecule has 2 heteroatoms. The summed E-state index contributed by atoms with van der Waals surface area (Å²) < 4.78 is 5.38. The molecule has 0 spiro atoms. The van der Waals surface area contributed by atoms with E-state index in [1.807, 2.05) is 12.3 Å². The van der Waals surface area contributed by atoms with Gasteiger partial charge in [0.2, 0.25) is 0 Å². The summed E-state index contributed by atoms with van der Waals surface area (Å²) >= 11 is 0. The predicted molar refractivity (Wildman–Crippen MR) is 69.5 cm³/mol. The van der Waals surface area contributed by atoms with Gasteiger partial charge in [0.25, 0.3) is 0 Å². The second-order valence-electron chi connectivity index (χ2n) is 4.74. The first-order chi connectivity index (χ1) is 8.40. The third kappa shape index (κ3) is 1.78. The van der Waals surface area contributed by atoms with Gasteiger partial charge in [0, 0.05) is 11.6 Å². The smallest absolute Gasteiger partial charge is 0.145 e. The van der Waals surface area contributed by atoms with Crippen molar-refractivity contribution in [2.24, 2.45) is 0 Å². The minimum atomic E-state index is 0.715. The molecule has 0 amide bonds. The maximum Gasteiger partial charge on any atom is 0.145 e. The maximum atomic E-state index is 5.38. The molecule has 0 bridgehead atoms. The van der Waals surface area contributed by atoms with Gasteiger partial charge in [-0.15, -0.1) is 0 Å². The van der Waals surface area contributed by atoms with E-state index < -0.39 is 0 Å².